The lowest BCUT2D eigenvalue weighted by molar-refractivity contribution is 0.704. The summed E-state index contributed by atoms with van der Waals surface area (Å²) in [5.41, 5.74) is 3.01. The molecule has 0 aliphatic heterocycles. The number of para-hydroxylation sites is 2. The maximum absolute atomic E-state index is 6.19. The van der Waals surface area contributed by atoms with Gasteiger partial charge >= 0.3 is 0 Å². The summed E-state index contributed by atoms with van der Waals surface area (Å²) in [6.45, 7) is 3.07. The van der Waals surface area contributed by atoms with Gasteiger partial charge in [0.25, 0.3) is 0 Å². The minimum atomic E-state index is 0.496. The van der Waals surface area contributed by atoms with Crippen LogP contribution in [0.2, 0.25) is 5.15 Å². The molecule has 0 saturated heterocycles. The topological polar surface area (TPSA) is 30.7 Å². The molecule has 0 N–H and O–H groups in total. The fourth-order valence-electron chi connectivity index (χ4n) is 2.28. The van der Waals surface area contributed by atoms with Crippen LogP contribution in [0.4, 0.5) is 0 Å². The second-order valence-electron chi connectivity index (χ2n) is 4.42. The number of benzene rings is 1. The van der Waals surface area contributed by atoms with Crippen molar-refractivity contribution >= 4 is 22.6 Å². The van der Waals surface area contributed by atoms with Gasteiger partial charge in [0.2, 0.25) is 0 Å². The van der Waals surface area contributed by atoms with Crippen molar-refractivity contribution < 1.29 is 0 Å². The van der Waals surface area contributed by atoms with Gasteiger partial charge < -0.3 is 4.57 Å². The highest BCUT2D eigenvalue weighted by atomic mass is 35.5. The van der Waals surface area contributed by atoms with E-state index in [0.29, 0.717) is 5.15 Å². The number of halogens is 1. The molecule has 3 rings (SSSR count). The van der Waals surface area contributed by atoms with Crippen LogP contribution in [0.25, 0.3) is 22.4 Å². The van der Waals surface area contributed by atoms with Crippen LogP contribution >= 0.6 is 11.6 Å². The van der Waals surface area contributed by atoms with Crippen molar-refractivity contribution in [2.75, 3.05) is 0 Å². The van der Waals surface area contributed by atoms with E-state index in [4.69, 9.17) is 16.6 Å². The highest BCUT2D eigenvalue weighted by Crippen LogP contribution is 2.28. The predicted octanol–water partition coefficient (Wildman–Crippen LogP) is 4.16. The number of rotatable bonds is 3. The summed E-state index contributed by atoms with van der Waals surface area (Å²) in [4.78, 5) is 8.84. The number of nitrogens with zero attached hydrogens (tertiary/aromatic N) is 3. The number of pyridine rings is 1. The molecule has 0 unspecified atom stereocenters. The molecule has 96 valence electrons. The zero-order valence-electron chi connectivity index (χ0n) is 10.7. The van der Waals surface area contributed by atoms with Gasteiger partial charge in [-0.15, -0.1) is 0 Å². The first kappa shape index (κ1) is 12.2. The quantitative estimate of drug-likeness (QED) is 0.670. The average Bonchev–Trinajstić information content (AvgIpc) is 2.79. The van der Waals surface area contributed by atoms with Crippen LogP contribution in [0.15, 0.2) is 42.6 Å². The van der Waals surface area contributed by atoms with Gasteiger partial charge in [0.15, 0.2) is 0 Å². The van der Waals surface area contributed by atoms with Gasteiger partial charge in [0.1, 0.15) is 11.0 Å². The molecule has 0 spiro atoms. The lowest BCUT2D eigenvalue weighted by Gasteiger charge is -2.08. The Morgan fingerprint density at radius 3 is 2.79 bits per heavy atom. The predicted molar refractivity (Wildman–Crippen MR) is 78.3 cm³/mol. The minimum Gasteiger partial charge on any atom is -0.324 e. The van der Waals surface area contributed by atoms with Crippen LogP contribution in [-0.4, -0.2) is 14.5 Å². The summed E-state index contributed by atoms with van der Waals surface area (Å²) in [6.07, 6.45) is 2.74. The average molecular weight is 272 g/mol. The Labute approximate surface area is 116 Å². The highest BCUT2D eigenvalue weighted by molar-refractivity contribution is 6.32. The second kappa shape index (κ2) is 5.02. The Hall–Kier alpha value is -1.87. The molecule has 0 radical (unpaired) electrons. The molecular formula is C15H14ClN3. The SMILES string of the molecule is CCCn1c(-c2cccnc2Cl)nc2ccccc21. The summed E-state index contributed by atoms with van der Waals surface area (Å²) in [5, 5.41) is 0.496. The first-order valence-electron chi connectivity index (χ1n) is 6.37. The lowest BCUT2D eigenvalue weighted by atomic mass is 10.2. The van der Waals surface area contributed by atoms with E-state index in [1.54, 1.807) is 6.20 Å². The normalized spacial score (nSPS) is 11.1. The van der Waals surface area contributed by atoms with Crippen LogP contribution in [-0.2, 0) is 6.54 Å². The molecule has 3 nitrogen and oxygen atoms in total. The van der Waals surface area contributed by atoms with Gasteiger partial charge in [-0.05, 0) is 30.7 Å². The van der Waals surface area contributed by atoms with Crippen LogP contribution < -0.4 is 0 Å². The number of aryl methyl sites for hydroxylation is 1. The van der Waals surface area contributed by atoms with Crippen LogP contribution in [0.5, 0.6) is 0 Å². The number of hydrogen-bond donors (Lipinski definition) is 0. The monoisotopic (exact) mass is 271 g/mol. The fourth-order valence-corrected chi connectivity index (χ4v) is 2.49. The van der Waals surface area contributed by atoms with E-state index in [0.717, 1.165) is 35.4 Å². The van der Waals surface area contributed by atoms with E-state index in [9.17, 15) is 0 Å². The summed E-state index contributed by atoms with van der Waals surface area (Å²) < 4.78 is 2.21. The van der Waals surface area contributed by atoms with Crippen molar-refractivity contribution in [1.82, 2.24) is 14.5 Å². The van der Waals surface area contributed by atoms with Gasteiger partial charge in [-0.25, -0.2) is 9.97 Å². The Morgan fingerprint density at radius 1 is 1.16 bits per heavy atom. The number of imidazole rings is 1. The maximum Gasteiger partial charge on any atom is 0.144 e. The molecular weight excluding hydrogens is 258 g/mol. The van der Waals surface area contributed by atoms with Crippen molar-refractivity contribution in [2.24, 2.45) is 0 Å². The largest absolute Gasteiger partial charge is 0.324 e. The smallest absolute Gasteiger partial charge is 0.144 e. The third kappa shape index (κ3) is 2.10. The van der Waals surface area contributed by atoms with Crippen LogP contribution in [0.3, 0.4) is 0 Å². The Kier molecular flexibility index (Phi) is 3.22. The summed E-state index contributed by atoms with van der Waals surface area (Å²) >= 11 is 6.19. The van der Waals surface area contributed by atoms with Crippen molar-refractivity contribution in [3.05, 3.63) is 47.7 Å². The molecule has 0 bridgehead atoms. The molecule has 0 fully saturated rings. The zero-order valence-corrected chi connectivity index (χ0v) is 11.4. The maximum atomic E-state index is 6.19. The van der Waals surface area contributed by atoms with Crippen molar-refractivity contribution in [3.8, 4) is 11.4 Å². The molecule has 1 aromatic carbocycles. The van der Waals surface area contributed by atoms with Gasteiger partial charge in [-0.2, -0.15) is 0 Å². The third-order valence-corrected chi connectivity index (χ3v) is 3.40. The molecule has 3 aromatic rings. The zero-order chi connectivity index (χ0) is 13.2. The molecule has 0 atom stereocenters. The van der Waals surface area contributed by atoms with E-state index >= 15 is 0 Å². The molecule has 4 heteroatoms. The molecule has 0 saturated carbocycles. The van der Waals surface area contributed by atoms with Crippen molar-refractivity contribution in [3.63, 3.8) is 0 Å². The van der Waals surface area contributed by atoms with Crippen molar-refractivity contribution in [1.29, 1.82) is 0 Å². The highest BCUT2D eigenvalue weighted by Gasteiger charge is 2.14. The molecule has 0 amide bonds. The van der Waals surface area contributed by atoms with Crippen LogP contribution in [0, 0.1) is 0 Å². The van der Waals surface area contributed by atoms with Gasteiger partial charge in [-0.3, -0.25) is 0 Å². The van der Waals surface area contributed by atoms with Crippen LogP contribution in [0.1, 0.15) is 13.3 Å². The van der Waals surface area contributed by atoms with E-state index in [-0.39, 0.29) is 0 Å². The Bertz CT molecular complexity index is 718. The third-order valence-electron chi connectivity index (χ3n) is 3.10. The number of fused-ring (bicyclic) bond motifs is 1. The van der Waals surface area contributed by atoms with Gasteiger partial charge in [-0.1, -0.05) is 30.7 Å². The summed E-state index contributed by atoms with van der Waals surface area (Å²) in [7, 11) is 0. The second-order valence-corrected chi connectivity index (χ2v) is 4.78. The first-order valence-corrected chi connectivity index (χ1v) is 6.75. The van der Waals surface area contributed by atoms with Crippen molar-refractivity contribution in [2.45, 2.75) is 19.9 Å². The van der Waals surface area contributed by atoms with E-state index in [2.05, 4.69) is 22.5 Å². The molecule has 0 aliphatic carbocycles. The van der Waals surface area contributed by atoms with E-state index in [1.807, 2.05) is 30.3 Å². The Balaban J connectivity index is 2.28. The summed E-state index contributed by atoms with van der Waals surface area (Å²) in [5.74, 6) is 0.890. The number of aromatic nitrogens is 3. The molecule has 2 heterocycles. The van der Waals surface area contributed by atoms with E-state index in [1.165, 1.54) is 0 Å². The van der Waals surface area contributed by atoms with E-state index < -0.39 is 0 Å². The molecule has 0 aliphatic rings. The lowest BCUT2D eigenvalue weighted by Crippen LogP contribution is -2.00. The minimum absolute atomic E-state index is 0.496. The van der Waals surface area contributed by atoms with Gasteiger partial charge in [0.05, 0.1) is 16.6 Å². The molecule has 2 aromatic heterocycles. The number of hydrogen-bond acceptors (Lipinski definition) is 2. The first-order chi connectivity index (χ1) is 9.31. The fraction of sp³-hybridized carbons (Fsp3) is 0.200. The molecule has 19 heavy (non-hydrogen) atoms. The van der Waals surface area contributed by atoms with Gasteiger partial charge in [0, 0.05) is 12.7 Å². The summed E-state index contributed by atoms with van der Waals surface area (Å²) in [6, 6.07) is 12.0. The standard InChI is InChI=1S/C15H14ClN3/c1-2-10-19-13-8-4-3-7-12(13)18-15(19)11-6-5-9-17-14(11)16/h3-9H,2,10H2,1H3. The Morgan fingerprint density at radius 2 is 2.00 bits per heavy atom.